The summed E-state index contributed by atoms with van der Waals surface area (Å²) in [4.78, 5) is 40.2. The lowest BCUT2D eigenvalue weighted by molar-refractivity contribution is -0.130. The second-order valence-electron chi connectivity index (χ2n) is 9.26. The number of amides is 4. The molecule has 1 aromatic heterocycles. The molecule has 1 atom stereocenters. The Morgan fingerprint density at radius 1 is 1.10 bits per heavy atom. The molecule has 0 radical (unpaired) electrons. The molecule has 2 heterocycles. The van der Waals surface area contributed by atoms with Gasteiger partial charge in [0.15, 0.2) is 0 Å². The van der Waals surface area contributed by atoms with Gasteiger partial charge in [-0.25, -0.2) is 9.18 Å². The van der Waals surface area contributed by atoms with Crippen LogP contribution in [0, 0.1) is 5.82 Å². The third kappa shape index (κ3) is 6.59. The van der Waals surface area contributed by atoms with E-state index in [4.69, 9.17) is 10.2 Å². The van der Waals surface area contributed by atoms with Crippen molar-refractivity contribution < 1.29 is 29.0 Å². The van der Waals surface area contributed by atoms with Crippen molar-refractivity contribution in [3.05, 3.63) is 70.8 Å². The molecule has 1 aliphatic rings. The molecular formula is C27H31FN6O5. The van der Waals surface area contributed by atoms with Crippen LogP contribution >= 0.6 is 0 Å². The molecule has 4 rings (SSSR count). The van der Waals surface area contributed by atoms with Crippen LogP contribution in [-0.2, 0) is 16.0 Å². The average molecular weight is 539 g/mol. The Kier molecular flexibility index (Phi) is 8.89. The maximum Gasteiger partial charge on any atom is 0.319 e. The maximum atomic E-state index is 14.8. The van der Waals surface area contributed by atoms with Crippen molar-refractivity contribution >= 4 is 34.4 Å². The third-order valence-electron chi connectivity index (χ3n) is 6.48. The summed E-state index contributed by atoms with van der Waals surface area (Å²) in [6.07, 6.45) is 2.09. The predicted molar refractivity (Wildman–Crippen MR) is 142 cm³/mol. The Labute approximate surface area is 224 Å². The summed E-state index contributed by atoms with van der Waals surface area (Å²) in [5, 5.41) is 34.1. The number of carbonyl (C=O) groups excluding carboxylic acids is 3. The lowest BCUT2D eigenvalue weighted by atomic mass is 9.92. The molecule has 11 nitrogen and oxygen atoms in total. The Balaban J connectivity index is 1.59. The predicted octanol–water partition coefficient (Wildman–Crippen LogP) is 2.10. The van der Waals surface area contributed by atoms with Gasteiger partial charge in [-0.15, -0.1) is 0 Å². The maximum absolute atomic E-state index is 14.8. The number of aromatic amines is 1. The zero-order chi connectivity index (χ0) is 27.9. The summed E-state index contributed by atoms with van der Waals surface area (Å²) in [5.41, 5.74) is 2.45. The minimum absolute atomic E-state index is 0.103. The molecule has 12 heteroatoms. The van der Waals surface area contributed by atoms with E-state index in [-0.39, 0.29) is 49.8 Å². The van der Waals surface area contributed by atoms with Gasteiger partial charge in [0, 0.05) is 43.1 Å². The van der Waals surface area contributed by atoms with Crippen molar-refractivity contribution in [3.8, 4) is 0 Å². The summed E-state index contributed by atoms with van der Waals surface area (Å²) in [7, 11) is 0. The molecular weight excluding hydrogens is 507 g/mol. The highest BCUT2D eigenvalue weighted by Gasteiger charge is 2.32. The number of nitrogens with one attached hydrogen (secondary N) is 4. The summed E-state index contributed by atoms with van der Waals surface area (Å²) >= 11 is 0. The molecule has 1 unspecified atom stereocenters. The van der Waals surface area contributed by atoms with Gasteiger partial charge in [-0.2, -0.15) is 5.10 Å². The molecule has 3 aromatic rings. The molecule has 0 fully saturated rings. The van der Waals surface area contributed by atoms with Crippen molar-refractivity contribution in [1.82, 2.24) is 25.7 Å². The van der Waals surface area contributed by atoms with E-state index in [1.165, 1.54) is 23.1 Å². The second-order valence-corrected chi connectivity index (χ2v) is 9.26. The third-order valence-corrected chi connectivity index (χ3v) is 6.48. The minimum atomic E-state index is -0.897. The number of nitrogens with zero attached hydrogens (tertiary/aromatic N) is 2. The topological polar surface area (TPSA) is 160 Å². The molecule has 4 amide bonds. The van der Waals surface area contributed by atoms with Gasteiger partial charge in [0.2, 0.25) is 5.91 Å². The van der Waals surface area contributed by atoms with Gasteiger partial charge in [0.1, 0.15) is 5.82 Å². The number of aromatic nitrogens is 2. The number of rotatable bonds is 11. The van der Waals surface area contributed by atoms with Gasteiger partial charge in [0.05, 0.1) is 29.7 Å². The van der Waals surface area contributed by atoms with E-state index >= 15 is 0 Å². The van der Waals surface area contributed by atoms with E-state index in [0.29, 0.717) is 29.8 Å². The first kappa shape index (κ1) is 27.7. The first-order valence-corrected chi connectivity index (χ1v) is 12.6. The number of hydrogen-bond acceptors (Lipinski definition) is 6. The van der Waals surface area contributed by atoms with Gasteiger partial charge in [-0.05, 0) is 61.2 Å². The highest BCUT2D eigenvalue weighted by atomic mass is 19.1. The molecule has 0 spiro atoms. The number of H-pyrrole nitrogens is 1. The lowest BCUT2D eigenvalue weighted by Crippen LogP contribution is -2.46. The highest BCUT2D eigenvalue weighted by Crippen LogP contribution is 2.30. The quantitative estimate of drug-likeness (QED) is 0.219. The van der Waals surface area contributed by atoms with Crippen LogP contribution in [0.1, 0.15) is 36.9 Å². The van der Waals surface area contributed by atoms with Gasteiger partial charge in [-0.3, -0.25) is 14.7 Å². The number of allylic oxidation sites excluding steroid dienone is 1. The zero-order valence-electron chi connectivity index (χ0n) is 21.5. The Bertz CT molecular complexity index is 1400. The van der Waals surface area contributed by atoms with Crippen LogP contribution in [0.2, 0.25) is 0 Å². The zero-order valence-corrected chi connectivity index (χ0v) is 21.5. The number of halogens is 1. The van der Waals surface area contributed by atoms with Crippen molar-refractivity contribution in [2.24, 2.45) is 0 Å². The van der Waals surface area contributed by atoms with E-state index in [0.717, 1.165) is 10.9 Å². The molecule has 0 saturated heterocycles. The summed E-state index contributed by atoms with van der Waals surface area (Å²) < 4.78 is 14.8. The molecule has 206 valence electrons. The fourth-order valence-electron chi connectivity index (χ4n) is 4.53. The number of aliphatic hydroxyl groups excluding tert-OH is 2. The Hall–Kier alpha value is -4.29. The van der Waals surface area contributed by atoms with Gasteiger partial charge in [0.25, 0.3) is 5.91 Å². The molecule has 39 heavy (non-hydrogen) atoms. The number of benzene rings is 2. The SMILES string of the molecule is CC1=C(C(=O)Nc2ccc3[nH]ncc3c2)C(c2ccc(F)c(CC(=O)N(CCCO)CCCO)c2)NC(=O)N1. The van der Waals surface area contributed by atoms with Crippen LogP contribution in [0.25, 0.3) is 10.9 Å². The number of anilines is 1. The van der Waals surface area contributed by atoms with E-state index in [9.17, 15) is 18.8 Å². The minimum Gasteiger partial charge on any atom is -0.396 e. The van der Waals surface area contributed by atoms with Crippen molar-refractivity contribution in [2.75, 3.05) is 31.6 Å². The van der Waals surface area contributed by atoms with Crippen LogP contribution in [-0.4, -0.2) is 69.5 Å². The standard InChI is InChI=1S/C27H31FN6O5/c1-16-24(26(38)31-20-5-7-22-19(13-20)15-29-33-22)25(32-27(39)30-16)17-4-6-21(28)18(12-17)14-23(37)34(8-2-10-35)9-3-11-36/h4-7,12-13,15,25,35-36H,2-3,8-11,14H2,1H3,(H,29,33)(H,31,38)(H2,30,32,39). The van der Waals surface area contributed by atoms with E-state index < -0.39 is 23.8 Å². The first-order chi connectivity index (χ1) is 18.8. The lowest BCUT2D eigenvalue weighted by Gasteiger charge is -2.29. The highest BCUT2D eigenvalue weighted by molar-refractivity contribution is 6.07. The van der Waals surface area contributed by atoms with Crippen LogP contribution in [0.3, 0.4) is 0 Å². The molecule has 1 aliphatic heterocycles. The first-order valence-electron chi connectivity index (χ1n) is 12.6. The molecule has 0 saturated carbocycles. The molecule has 2 aromatic carbocycles. The number of fused-ring (bicyclic) bond motifs is 1. The molecule has 0 bridgehead atoms. The van der Waals surface area contributed by atoms with Crippen LogP contribution in [0.15, 0.2) is 53.9 Å². The summed E-state index contributed by atoms with van der Waals surface area (Å²) in [5.74, 6) is -1.42. The molecule has 0 aliphatic carbocycles. The largest absolute Gasteiger partial charge is 0.396 e. The second kappa shape index (κ2) is 12.5. The summed E-state index contributed by atoms with van der Waals surface area (Å²) in [6, 6.07) is 7.99. The van der Waals surface area contributed by atoms with Crippen LogP contribution in [0.4, 0.5) is 14.9 Å². The van der Waals surface area contributed by atoms with Crippen molar-refractivity contribution in [3.63, 3.8) is 0 Å². The van der Waals surface area contributed by atoms with E-state index in [1.807, 2.05) is 0 Å². The Morgan fingerprint density at radius 2 is 1.85 bits per heavy atom. The fourth-order valence-corrected chi connectivity index (χ4v) is 4.53. The Morgan fingerprint density at radius 3 is 2.56 bits per heavy atom. The number of aliphatic hydroxyl groups is 2. The van der Waals surface area contributed by atoms with Crippen LogP contribution < -0.4 is 16.0 Å². The number of hydrogen-bond donors (Lipinski definition) is 6. The van der Waals surface area contributed by atoms with Gasteiger partial charge >= 0.3 is 6.03 Å². The average Bonchev–Trinajstić information content (AvgIpc) is 3.37. The normalized spacial score (nSPS) is 15.2. The van der Waals surface area contributed by atoms with E-state index in [2.05, 4.69) is 26.1 Å². The van der Waals surface area contributed by atoms with Crippen molar-refractivity contribution in [1.29, 1.82) is 0 Å². The van der Waals surface area contributed by atoms with Crippen molar-refractivity contribution in [2.45, 2.75) is 32.2 Å². The smallest absolute Gasteiger partial charge is 0.319 e. The van der Waals surface area contributed by atoms with E-state index in [1.54, 1.807) is 31.3 Å². The molecule has 6 N–H and O–H groups in total. The fraction of sp³-hybridized carbons (Fsp3) is 0.333. The number of carbonyl (C=O) groups is 3. The summed E-state index contributed by atoms with van der Waals surface area (Å²) in [6.45, 7) is 1.95. The number of urea groups is 1. The van der Waals surface area contributed by atoms with Gasteiger partial charge < -0.3 is 31.1 Å². The van der Waals surface area contributed by atoms with Gasteiger partial charge in [-0.1, -0.05) is 6.07 Å². The van der Waals surface area contributed by atoms with Crippen LogP contribution in [0.5, 0.6) is 0 Å². The monoisotopic (exact) mass is 538 g/mol.